The topological polar surface area (TPSA) is 184 Å². The molecule has 0 aromatic rings. The van der Waals surface area contributed by atoms with E-state index in [4.69, 9.17) is 29.4 Å². The molecule has 0 aliphatic carbocycles. The molecule has 53 heavy (non-hydrogen) atoms. The van der Waals surface area contributed by atoms with Crippen molar-refractivity contribution in [1.29, 1.82) is 0 Å². The molecular weight excluding hydrogens is 682 g/mol. The van der Waals surface area contributed by atoms with Gasteiger partial charge in [-0.2, -0.15) is 0 Å². The molecule has 0 aromatic carbocycles. The van der Waals surface area contributed by atoms with Crippen molar-refractivity contribution in [3.63, 3.8) is 0 Å². The number of esters is 1. The Balaban J connectivity index is 1.90. The third-order valence-corrected chi connectivity index (χ3v) is 11.2. The van der Waals surface area contributed by atoms with E-state index < -0.39 is 66.7 Å². The van der Waals surface area contributed by atoms with Crippen molar-refractivity contribution in [1.82, 2.24) is 0 Å². The highest BCUT2D eigenvalue weighted by Crippen LogP contribution is 2.35. The highest BCUT2D eigenvalue weighted by molar-refractivity contribution is 5.80. The number of Topliss-reactive ketones (excluding diaryl/α,β-unsaturated/α-hetero) is 1. The van der Waals surface area contributed by atoms with Crippen molar-refractivity contribution in [3.8, 4) is 0 Å². The van der Waals surface area contributed by atoms with E-state index in [1.165, 1.54) is 0 Å². The number of cyclic esters (lactones) is 1. The fraction of sp³-hybridized carbons (Fsp3) is 0.780. The van der Waals surface area contributed by atoms with Gasteiger partial charge in [0.05, 0.1) is 24.7 Å². The Kier molecular flexibility index (Phi) is 17.2. The minimum absolute atomic E-state index is 0.00488. The number of fused-ring (bicyclic) bond motifs is 2. The second kappa shape index (κ2) is 20.3. The van der Waals surface area contributed by atoms with Crippen LogP contribution in [0.15, 0.2) is 35.5 Å². The van der Waals surface area contributed by atoms with Crippen LogP contribution in [-0.4, -0.2) is 88.0 Å². The zero-order valence-corrected chi connectivity index (χ0v) is 33.4. The quantitative estimate of drug-likeness (QED) is 0.151. The number of nitrogens with two attached hydrogens (primary N) is 1. The summed E-state index contributed by atoms with van der Waals surface area (Å²) in [5.41, 5.74) is 7.13. The maximum atomic E-state index is 13.6. The van der Waals surface area contributed by atoms with Crippen LogP contribution >= 0.6 is 0 Å². The van der Waals surface area contributed by atoms with Gasteiger partial charge in [-0.25, -0.2) is 4.79 Å². The Morgan fingerprint density at radius 3 is 2.42 bits per heavy atom. The lowest BCUT2D eigenvalue weighted by Crippen LogP contribution is -2.50. The van der Waals surface area contributed by atoms with Gasteiger partial charge in [0.15, 0.2) is 12.1 Å². The molecule has 0 spiro atoms. The third-order valence-electron chi connectivity index (χ3n) is 11.2. The average molecular weight is 750 g/mol. The molecule has 5 N–H and O–H groups in total. The van der Waals surface area contributed by atoms with E-state index in [9.17, 15) is 29.7 Å². The van der Waals surface area contributed by atoms with Gasteiger partial charge in [-0.15, -0.1) is 0 Å². The second-order valence-corrected chi connectivity index (χ2v) is 16.1. The van der Waals surface area contributed by atoms with E-state index in [2.05, 4.69) is 19.1 Å². The van der Waals surface area contributed by atoms with Crippen LogP contribution in [0.3, 0.4) is 0 Å². The fourth-order valence-electron chi connectivity index (χ4n) is 8.07. The van der Waals surface area contributed by atoms with Gasteiger partial charge in [-0.05, 0) is 87.7 Å². The number of ketones is 1. The molecule has 1 fully saturated rings. The van der Waals surface area contributed by atoms with Crippen molar-refractivity contribution in [2.24, 2.45) is 35.3 Å². The van der Waals surface area contributed by atoms with Gasteiger partial charge in [0.25, 0.3) is 0 Å². The summed E-state index contributed by atoms with van der Waals surface area (Å²) >= 11 is 0. The van der Waals surface area contributed by atoms with Crippen LogP contribution in [0, 0.1) is 29.6 Å². The summed E-state index contributed by atoms with van der Waals surface area (Å²) < 4.78 is 30.0. The molecule has 3 aliphatic heterocycles. The summed E-state index contributed by atoms with van der Waals surface area (Å²) in [6.07, 6.45) is 5.26. The monoisotopic (exact) mass is 749 g/mol. The van der Waals surface area contributed by atoms with Crippen molar-refractivity contribution >= 4 is 17.8 Å². The molecule has 14 atom stereocenters. The Hall–Kier alpha value is -2.61. The van der Waals surface area contributed by atoms with Crippen molar-refractivity contribution in [2.45, 2.75) is 175 Å². The number of carbonyl (C=O) groups excluding carboxylic acids is 3. The van der Waals surface area contributed by atoms with Crippen LogP contribution in [0.5, 0.6) is 0 Å². The average Bonchev–Trinajstić information content (AvgIpc) is 3.09. The smallest absolute Gasteiger partial charge is 0.404 e. The summed E-state index contributed by atoms with van der Waals surface area (Å²) in [4.78, 5) is 37.5. The van der Waals surface area contributed by atoms with Crippen molar-refractivity contribution in [2.75, 3.05) is 0 Å². The number of hydrogen-bond donors (Lipinski definition) is 4. The number of primary amides is 1. The minimum atomic E-state index is -1.73. The molecule has 0 saturated carbocycles. The van der Waals surface area contributed by atoms with E-state index in [-0.39, 0.29) is 54.8 Å². The second-order valence-electron chi connectivity index (χ2n) is 16.1. The van der Waals surface area contributed by atoms with Gasteiger partial charge in [-0.3, -0.25) is 9.59 Å². The van der Waals surface area contributed by atoms with E-state index in [1.807, 2.05) is 46.8 Å². The highest BCUT2D eigenvalue weighted by atomic mass is 16.7. The number of ether oxygens (including phenoxy) is 5. The molecule has 3 heterocycles. The molecule has 1 saturated heterocycles. The van der Waals surface area contributed by atoms with E-state index in [0.29, 0.717) is 32.1 Å². The number of hydrogen-bond acceptors (Lipinski definition) is 11. The van der Waals surface area contributed by atoms with Crippen LogP contribution in [0.2, 0.25) is 0 Å². The lowest BCUT2D eigenvalue weighted by molar-refractivity contribution is -0.254. The first-order valence-electron chi connectivity index (χ1n) is 19.6. The number of allylic oxidation sites excluding steroid dienone is 2. The summed E-state index contributed by atoms with van der Waals surface area (Å²) in [6.45, 7) is 17.2. The number of aliphatic hydroxyl groups is 3. The lowest BCUT2D eigenvalue weighted by Gasteiger charge is -2.38. The van der Waals surface area contributed by atoms with Crippen molar-refractivity contribution < 1.29 is 53.4 Å². The molecule has 12 heteroatoms. The van der Waals surface area contributed by atoms with Gasteiger partial charge >= 0.3 is 12.1 Å². The molecule has 12 nitrogen and oxygen atoms in total. The summed E-state index contributed by atoms with van der Waals surface area (Å²) in [5, 5.41) is 33.1. The number of amides is 1. The molecule has 302 valence electrons. The van der Waals surface area contributed by atoms with Crippen LogP contribution < -0.4 is 5.73 Å². The predicted octanol–water partition coefficient (Wildman–Crippen LogP) is 6.04. The fourth-order valence-corrected chi connectivity index (χ4v) is 8.07. The van der Waals surface area contributed by atoms with Gasteiger partial charge < -0.3 is 44.7 Å². The highest BCUT2D eigenvalue weighted by Gasteiger charge is 2.41. The number of aliphatic hydroxyl groups excluding tert-OH is 2. The molecular formula is C41H67NO11. The first-order valence-corrected chi connectivity index (χ1v) is 19.6. The van der Waals surface area contributed by atoms with Gasteiger partial charge in [0, 0.05) is 25.2 Å². The SMILES string of the molecule is CCC(=O)[C@@H](C)[C@@H](O)[C@H](C)C[C@@H](C)C1OC(=O)C[C@@]2(O)CC=C(C)C(O2)C(C)=CCCC[C@H](O[C@H]2C[C@@H](OC(N)=O)[C@H](O)[C@@H](C)O2)C=C[C@H](C)C[C@H]1C. The number of carbonyl (C=O) groups is 3. The first-order chi connectivity index (χ1) is 24.8. The Labute approximate surface area is 316 Å². The molecule has 3 aliphatic rings. The molecule has 0 aromatic heterocycles. The van der Waals surface area contributed by atoms with Crippen LogP contribution in [0.1, 0.15) is 120 Å². The van der Waals surface area contributed by atoms with Gasteiger partial charge in [0.2, 0.25) is 0 Å². The normalized spacial score (nSPS) is 36.0. The summed E-state index contributed by atoms with van der Waals surface area (Å²) in [5.74, 6) is -3.23. The van der Waals surface area contributed by atoms with Crippen LogP contribution in [-0.2, 0) is 33.3 Å². The number of rotatable bonds is 10. The van der Waals surface area contributed by atoms with E-state index >= 15 is 0 Å². The first kappa shape index (κ1) is 44.8. The van der Waals surface area contributed by atoms with E-state index in [0.717, 1.165) is 17.6 Å². The summed E-state index contributed by atoms with van der Waals surface area (Å²) in [6, 6.07) is 0. The van der Waals surface area contributed by atoms with Crippen LogP contribution in [0.4, 0.5) is 4.79 Å². The Morgan fingerprint density at radius 2 is 1.75 bits per heavy atom. The van der Waals surface area contributed by atoms with Gasteiger partial charge in [0.1, 0.15) is 30.2 Å². The maximum Gasteiger partial charge on any atom is 0.404 e. The van der Waals surface area contributed by atoms with E-state index in [1.54, 1.807) is 20.8 Å². The van der Waals surface area contributed by atoms with Crippen molar-refractivity contribution in [3.05, 3.63) is 35.5 Å². The van der Waals surface area contributed by atoms with Gasteiger partial charge in [-0.1, -0.05) is 65.8 Å². The molecule has 3 rings (SSSR count). The molecule has 2 unspecified atom stereocenters. The molecule has 1 amide bonds. The predicted molar refractivity (Wildman–Crippen MR) is 200 cm³/mol. The summed E-state index contributed by atoms with van der Waals surface area (Å²) in [7, 11) is 0. The van der Waals surface area contributed by atoms with Crippen LogP contribution in [0.25, 0.3) is 0 Å². The zero-order chi connectivity index (χ0) is 39.6. The Morgan fingerprint density at radius 1 is 1.08 bits per heavy atom. The largest absolute Gasteiger partial charge is 0.462 e. The Bertz CT molecular complexity index is 1310. The minimum Gasteiger partial charge on any atom is -0.462 e. The maximum absolute atomic E-state index is 13.6. The standard InChI is InChI=1S/C41H67NO11/c1-10-32(43)29(8)36(45)26(5)20-28(7)38-27(6)19-23(2)15-16-31(50-35-21-33(51-40(42)47)37(46)30(9)49-35)14-12-11-13-24(3)39-25(4)17-18-41(48,53-39)22-34(44)52-38/h13,15-17,23,26-31,33,35-39,45-46,48H,10-12,14,18-22H2,1-9H3,(H2,42,47)/t23-,26+,27+,28+,29+,30+,31-,33+,35-,36-,37+,38?,39?,41+/m0/s1. The molecule has 2 bridgehead atoms. The zero-order valence-electron chi connectivity index (χ0n) is 33.4. The molecule has 0 radical (unpaired) electrons. The third kappa shape index (κ3) is 13.3. The lowest BCUT2D eigenvalue weighted by atomic mass is 9.79.